The fourth-order valence-electron chi connectivity index (χ4n) is 3.31. The highest BCUT2D eigenvalue weighted by Gasteiger charge is 2.26. The van der Waals surface area contributed by atoms with Gasteiger partial charge in [-0.15, -0.1) is 0 Å². The minimum absolute atomic E-state index is 0.964. The van der Waals surface area contributed by atoms with Gasteiger partial charge in [0, 0.05) is 6.04 Å². The highest BCUT2D eigenvalue weighted by Crippen LogP contribution is 2.31. The molecule has 0 aromatic rings. The van der Waals surface area contributed by atoms with Crippen molar-refractivity contribution >= 4 is 0 Å². The van der Waals surface area contributed by atoms with Crippen LogP contribution >= 0.6 is 0 Å². The lowest BCUT2D eigenvalue weighted by Crippen LogP contribution is -2.35. The van der Waals surface area contributed by atoms with Crippen LogP contribution in [-0.2, 0) is 0 Å². The Balaban J connectivity index is 0.000000606. The van der Waals surface area contributed by atoms with Gasteiger partial charge in [0.15, 0.2) is 0 Å². The molecule has 0 radical (unpaired) electrons. The normalized spacial score (nSPS) is 30.9. The summed E-state index contributed by atoms with van der Waals surface area (Å²) in [5, 5.41) is 0. The molecule has 0 N–H and O–H groups in total. The predicted molar refractivity (Wildman–Crippen MR) is 72.8 cm³/mol. The maximum atomic E-state index is 2.75. The zero-order chi connectivity index (χ0) is 11.8. The van der Waals surface area contributed by atoms with Crippen LogP contribution in [0.1, 0.15) is 72.1 Å². The summed E-state index contributed by atoms with van der Waals surface area (Å²) >= 11 is 0. The van der Waals surface area contributed by atoms with Crippen molar-refractivity contribution in [1.82, 2.24) is 4.90 Å². The van der Waals surface area contributed by atoms with Gasteiger partial charge in [-0.3, -0.25) is 0 Å². The van der Waals surface area contributed by atoms with E-state index >= 15 is 0 Å². The predicted octanol–water partition coefficient (Wildman–Crippen LogP) is 4.47. The molecule has 0 aromatic carbocycles. The SMILES string of the molecule is CC.CCCC1CCC(N2CCCC2)CC1. The van der Waals surface area contributed by atoms with Gasteiger partial charge in [-0.25, -0.2) is 0 Å². The van der Waals surface area contributed by atoms with Crippen molar-refractivity contribution in [2.24, 2.45) is 5.92 Å². The van der Waals surface area contributed by atoms with Crippen LogP contribution in [-0.4, -0.2) is 24.0 Å². The smallest absolute Gasteiger partial charge is 0.00954 e. The molecule has 1 saturated carbocycles. The van der Waals surface area contributed by atoms with Crippen molar-refractivity contribution in [1.29, 1.82) is 0 Å². The van der Waals surface area contributed by atoms with E-state index in [1.807, 2.05) is 13.8 Å². The van der Waals surface area contributed by atoms with Gasteiger partial charge in [0.1, 0.15) is 0 Å². The van der Waals surface area contributed by atoms with Gasteiger partial charge >= 0.3 is 0 Å². The molecule has 2 rings (SSSR count). The molecule has 0 aromatic heterocycles. The van der Waals surface area contributed by atoms with Crippen molar-refractivity contribution in [3.8, 4) is 0 Å². The van der Waals surface area contributed by atoms with E-state index in [0.29, 0.717) is 0 Å². The first kappa shape index (κ1) is 14.0. The fourth-order valence-corrected chi connectivity index (χ4v) is 3.31. The monoisotopic (exact) mass is 225 g/mol. The molecular formula is C15H31N. The Bertz CT molecular complexity index is 153. The number of rotatable bonds is 3. The molecule has 1 heterocycles. The molecule has 0 bridgehead atoms. The van der Waals surface area contributed by atoms with Crippen LogP contribution in [0.4, 0.5) is 0 Å². The van der Waals surface area contributed by atoms with Gasteiger partial charge in [0.05, 0.1) is 0 Å². The standard InChI is InChI=1S/C13H25N.C2H6/c1-2-5-12-6-8-13(9-7-12)14-10-3-4-11-14;1-2/h12-13H,2-11H2,1H3;1-2H3. The average molecular weight is 225 g/mol. The van der Waals surface area contributed by atoms with Gasteiger partial charge in [-0.2, -0.15) is 0 Å². The Kier molecular flexibility index (Phi) is 7.11. The summed E-state index contributed by atoms with van der Waals surface area (Å²) in [6, 6.07) is 0.964. The Labute approximate surface area is 103 Å². The molecule has 1 saturated heterocycles. The Morgan fingerprint density at radius 1 is 0.938 bits per heavy atom. The Morgan fingerprint density at radius 3 is 2.00 bits per heavy atom. The molecule has 0 unspecified atom stereocenters. The number of hydrogen-bond donors (Lipinski definition) is 0. The van der Waals surface area contributed by atoms with Crippen molar-refractivity contribution in [2.75, 3.05) is 13.1 Å². The minimum atomic E-state index is 0.964. The number of likely N-dealkylation sites (tertiary alicyclic amines) is 1. The molecule has 1 nitrogen and oxygen atoms in total. The first-order valence-electron chi connectivity index (χ1n) is 7.64. The molecule has 16 heavy (non-hydrogen) atoms. The zero-order valence-electron chi connectivity index (χ0n) is 11.7. The van der Waals surface area contributed by atoms with E-state index in [1.54, 1.807) is 0 Å². The average Bonchev–Trinajstić information content (AvgIpc) is 2.87. The molecule has 96 valence electrons. The van der Waals surface area contributed by atoms with Crippen LogP contribution in [0.5, 0.6) is 0 Å². The van der Waals surface area contributed by atoms with E-state index < -0.39 is 0 Å². The van der Waals surface area contributed by atoms with E-state index in [-0.39, 0.29) is 0 Å². The summed E-state index contributed by atoms with van der Waals surface area (Å²) in [6.07, 6.45) is 11.8. The molecular weight excluding hydrogens is 194 g/mol. The van der Waals surface area contributed by atoms with Crippen molar-refractivity contribution in [3.63, 3.8) is 0 Å². The molecule has 0 amide bonds. The maximum Gasteiger partial charge on any atom is 0.00954 e. The van der Waals surface area contributed by atoms with Crippen LogP contribution < -0.4 is 0 Å². The topological polar surface area (TPSA) is 3.24 Å². The van der Waals surface area contributed by atoms with Gasteiger partial charge < -0.3 is 4.90 Å². The van der Waals surface area contributed by atoms with E-state index in [0.717, 1.165) is 12.0 Å². The fraction of sp³-hybridized carbons (Fsp3) is 1.00. The molecule has 1 aliphatic carbocycles. The molecule has 2 aliphatic rings. The van der Waals surface area contributed by atoms with Crippen molar-refractivity contribution in [2.45, 2.75) is 78.2 Å². The van der Waals surface area contributed by atoms with Crippen LogP contribution in [0, 0.1) is 5.92 Å². The second kappa shape index (κ2) is 8.11. The molecule has 1 heteroatoms. The summed E-state index contributed by atoms with van der Waals surface area (Å²) in [5.74, 6) is 1.07. The third-order valence-electron chi connectivity index (χ3n) is 4.17. The van der Waals surface area contributed by atoms with Gasteiger partial charge in [0.2, 0.25) is 0 Å². The second-order valence-corrected chi connectivity index (χ2v) is 5.21. The number of nitrogens with zero attached hydrogens (tertiary/aromatic N) is 1. The van der Waals surface area contributed by atoms with Crippen molar-refractivity contribution in [3.05, 3.63) is 0 Å². The lowest BCUT2D eigenvalue weighted by Gasteiger charge is -2.34. The molecule has 2 fully saturated rings. The first-order chi connectivity index (χ1) is 7.90. The summed E-state index contributed by atoms with van der Waals surface area (Å²) in [6.45, 7) is 9.11. The van der Waals surface area contributed by atoms with Crippen LogP contribution in [0.3, 0.4) is 0 Å². The summed E-state index contributed by atoms with van der Waals surface area (Å²) in [7, 11) is 0. The molecule has 0 spiro atoms. The Hall–Kier alpha value is -0.0400. The van der Waals surface area contributed by atoms with Crippen molar-refractivity contribution < 1.29 is 0 Å². The largest absolute Gasteiger partial charge is 0.300 e. The summed E-state index contributed by atoms with van der Waals surface area (Å²) < 4.78 is 0. The molecule has 0 atom stereocenters. The summed E-state index contributed by atoms with van der Waals surface area (Å²) in [5.41, 5.74) is 0. The molecule has 1 aliphatic heterocycles. The van der Waals surface area contributed by atoms with E-state index in [4.69, 9.17) is 0 Å². The van der Waals surface area contributed by atoms with Crippen LogP contribution in [0.15, 0.2) is 0 Å². The van der Waals surface area contributed by atoms with Crippen LogP contribution in [0.25, 0.3) is 0 Å². The van der Waals surface area contributed by atoms with Gasteiger partial charge in [0.25, 0.3) is 0 Å². The summed E-state index contributed by atoms with van der Waals surface area (Å²) in [4.78, 5) is 2.75. The van der Waals surface area contributed by atoms with Gasteiger partial charge in [-0.05, 0) is 57.5 Å². The first-order valence-corrected chi connectivity index (χ1v) is 7.64. The Morgan fingerprint density at radius 2 is 1.50 bits per heavy atom. The second-order valence-electron chi connectivity index (χ2n) is 5.21. The van der Waals surface area contributed by atoms with Crippen LogP contribution in [0.2, 0.25) is 0 Å². The third kappa shape index (κ3) is 4.08. The zero-order valence-corrected chi connectivity index (χ0v) is 11.7. The lowest BCUT2D eigenvalue weighted by atomic mass is 9.83. The number of hydrogen-bond acceptors (Lipinski definition) is 1. The van der Waals surface area contributed by atoms with E-state index in [2.05, 4.69) is 11.8 Å². The lowest BCUT2D eigenvalue weighted by molar-refractivity contribution is 0.161. The maximum absolute atomic E-state index is 2.75. The van der Waals surface area contributed by atoms with Gasteiger partial charge in [-0.1, -0.05) is 33.6 Å². The highest BCUT2D eigenvalue weighted by atomic mass is 15.2. The minimum Gasteiger partial charge on any atom is -0.300 e. The third-order valence-corrected chi connectivity index (χ3v) is 4.17. The quantitative estimate of drug-likeness (QED) is 0.685. The van der Waals surface area contributed by atoms with E-state index in [9.17, 15) is 0 Å². The van der Waals surface area contributed by atoms with E-state index in [1.165, 1.54) is 64.5 Å². The highest BCUT2D eigenvalue weighted by molar-refractivity contribution is 4.81.